The van der Waals surface area contributed by atoms with Crippen LogP contribution < -0.4 is 4.74 Å². The van der Waals surface area contributed by atoms with Crippen molar-refractivity contribution in [1.82, 2.24) is 0 Å². The second-order valence-electron chi connectivity index (χ2n) is 3.58. The third-order valence-electron chi connectivity index (χ3n) is 2.42. The van der Waals surface area contributed by atoms with Crippen molar-refractivity contribution in [2.24, 2.45) is 0 Å². The van der Waals surface area contributed by atoms with Crippen LogP contribution >= 0.6 is 22.9 Å². The van der Waals surface area contributed by atoms with Crippen LogP contribution in [0.3, 0.4) is 0 Å². The van der Waals surface area contributed by atoms with Gasteiger partial charge in [0.25, 0.3) is 0 Å². The molecule has 2 nitrogen and oxygen atoms in total. The van der Waals surface area contributed by atoms with Crippen LogP contribution in [-0.4, -0.2) is 12.9 Å². The van der Waals surface area contributed by atoms with E-state index in [-0.39, 0.29) is 5.78 Å². The van der Waals surface area contributed by atoms with Gasteiger partial charge in [-0.25, -0.2) is 0 Å². The molecule has 1 aromatic carbocycles. The molecule has 0 radical (unpaired) electrons. The molecular weight excluding hydrogens is 256 g/mol. The first kappa shape index (κ1) is 12.1. The van der Waals surface area contributed by atoms with Crippen LogP contribution in [-0.2, 0) is 6.42 Å². The van der Waals surface area contributed by atoms with Crippen molar-refractivity contribution in [1.29, 1.82) is 0 Å². The van der Waals surface area contributed by atoms with E-state index in [0.29, 0.717) is 22.8 Å². The highest BCUT2D eigenvalue weighted by atomic mass is 35.5. The number of hydrogen-bond donors (Lipinski definition) is 0. The van der Waals surface area contributed by atoms with Crippen LogP contribution in [0.1, 0.15) is 15.9 Å². The molecule has 2 aromatic rings. The lowest BCUT2D eigenvalue weighted by Gasteiger charge is -2.05. The first-order chi connectivity index (χ1) is 8.20. The average Bonchev–Trinajstić information content (AvgIpc) is 2.82. The predicted octanol–water partition coefficient (Wildman–Crippen LogP) is 3.84. The topological polar surface area (TPSA) is 26.3 Å². The summed E-state index contributed by atoms with van der Waals surface area (Å²) in [7, 11) is 1.54. The van der Waals surface area contributed by atoms with Crippen molar-refractivity contribution < 1.29 is 9.53 Å². The quantitative estimate of drug-likeness (QED) is 0.786. The van der Waals surface area contributed by atoms with Crippen LogP contribution in [0.2, 0.25) is 5.02 Å². The van der Waals surface area contributed by atoms with Crippen molar-refractivity contribution >= 4 is 28.7 Å². The second kappa shape index (κ2) is 5.34. The molecule has 0 unspecified atom stereocenters. The summed E-state index contributed by atoms with van der Waals surface area (Å²) < 4.78 is 5.09. The number of methoxy groups -OCH3 is 1. The summed E-state index contributed by atoms with van der Waals surface area (Å²) in [5.74, 6) is 0.598. The zero-order valence-corrected chi connectivity index (χ0v) is 10.8. The van der Waals surface area contributed by atoms with Gasteiger partial charge in [-0.15, -0.1) is 0 Å². The van der Waals surface area contributed by atoms with Gasteiger partial charge in [0, 0.05) is 12.0 Å². The molecule has 0 fully saturated rings. The lowest BCUT2D eigenvalue weighted by Crippen LogP contribution is -2.03. The Hall–Kier alpha value is -1.32. The van der Waals surface area contributed by atoms with Crippen LogP contribution in [0.5, 0.6) is 5.75 Å². The normalized spacial score (nSPS) is 10.2. The third kappa shape index (κ3) is 2.87. The van der Waals surface area contributed by atoms with Crippen LogP contribution in [0.4, 0.5) is 0 Å². The number of ether oxygens (including phenoxy) is 1. The number of benzene rings is 1. The molecule has 0 aliphatic heterocycles. The summed E-state index contributed by atoms with van der Waals surface area (Å²) >= 11 is 7.50. The Bertz CT molecular complexity index is 520. The molecule has 0 atom stereocenters. The van der Waals surface area contributed by atoms with E-state index in [0.717, 1.165) is 5.56 Å². The SMILES string of the molecule is COc1cc(C(=O)Cc2ccsc2)ccc1Cl. The van der Waals surface area contributed by atoms with Gasteiger partial charge in [0.05, 0.1) is 12.1 Å². The molecule has 0 N–H and O–H groups in total. The Morgan fingerprint density at radius 2 is 2.24 bits per heavy atom. The summed E-state index contributed by atoms with van der Waals surface area (Å²) in [6.07, 6.45) is 0.411. The maximum Gasteiger partial charge on any atom is 0.167 e. The molecule has 0 spiro atoms. The van der Waals surface area contributed by atoms with Crippen LogP contribution in [0.15, 0.2) is 35.0 Å². The summed E-state index contributed by atoms with van der Waals surface area (Å²) in [4.78, 5) is 12.0. The first-order valence-corrected chi connectivity index (χ1v) is 6.40. The Kier molecular flexibility index (Phi) is 3.82. The van der Waals surface area contributed by atoms with Gasteiger partial charge >= 0.3 is 0 Å². The van der Waals surface area contributed by atoms with Gasteiger partial charge in [-0.05, 0) is 40.6 Å². The fraction of sp³-hybridized carbons (Fsp3) is 0.154. The van der Waals surface area contributed by atoms with Gasteiger partial charge in [-0.3, -0.25) is 4.79 Å². The highest BCUT2D eigenvalue weighted by Gasteiger charge is 2.10. The van der Waals surface area contributed by atoms with Crippen molar-refractivity contribution in [3.8, 4) is 5.75 Å². The molecular formula is C13H11ClO2S. The molecule has 0 bridgehead atoms. The molecule has 4 heteroatoms. The van der Waals surface area contributed by atoms with E-state index in [4.69, 9.17) is 16.3 Å². The maximum atomic E-state index is 12.0. The Morgan fingerprint density at radius 3 is 2.88 bits per heavy atom. The smallest absolute Gasteiger partial charge is 0.167 e. The van der Waals surface area contributed by atoms with Gasteiger partial charge in [0.2, 0.25) is 0 Å². The van der Waals surface area contributed by atoms with E-state index in [1.807, 2.05) is 16.8 Å². The first-order valence-electron chi connectivity index (χ1n) is 5.08. The standard InChI is InChI=1S/C13H11ClO2S/c1-16-13-7-10(2-3-11(13)14)12(15)6-9-4-5-17-8-9/h2-5,7-8H,6H2,1H3. The maximum absolute atomic E-state index is 12.0. The van der Waals surface area contributed by atoms with E-state index in [1.165, 1.54) is 7.11 Å². The number of hydrogen-bond acceptors (Lipinski definition) is 3. The molecule has 1 aromatic heterocycles. The molecule has 88 valence electrons. The number of carbonyl (C=O) groups excluding carboxylic acids is 1. The minimum absolute atomic E-state index is 0.0679. The van der Waals surface area contributed by atoms with Crippen LogP contribution in [0.25, 0.3) is 0 Å². The predicted molar refractivity (Wildman–Crippen MR) is 70.4 cm³/mol. The number of ketones is 1. The number of rotatable bonds is 4. The minimum Gasteiger partial charge on any atom is -0.495 e. The minimum atomic E-state index is 0.0679. The number of halogens is 1. The van der Waals surface area contributed by atoms with Gasteiger partial charge in [0.15, 0.2) is 5.78 Å². The van der Waals surface area contributed by atoms with Gasteiger partial charge < -0.3 is 4.74 Å². The fourth-order valence-electron chi connectivity index (χ4n) is 1.51. The molecule has 0 saturated carbocycles. The summed E-state index contributed by atoms with van der Waals surface area (Å²) in [6, 6.07) is 7.04. The summed E-state index contributed by atoms with van der Waals surface area (Å²) in [5, 5.41) is 4.45. The highest BCUT2D eigenvalue weighted by Crippen LogP contribution is 2.25. The van der Waals surface area contributed by atoms with E-state index in [1.54, 1.807) is 29.5 Å². The Labute approximate surface area is 109 Å². The number of thiophene rings is 1. The van der Waals surface area contributed by atoms with Crippen LogP contribution in [0, 0.1) is 0 Å². The molecule has 0 aliphatic rings. The average molecular weight is 267 g/mol. The molecule has 17 heavy (non-hydrogen) atoms. The lowest BCUT2D eigenvalue weighted by molar-refractivity contribution is 0.0993. The van der Waals surface area contributed by atoms with E-state index in [9.17, 15) is 4.79 Å². The van der Waals surface area contributed by atoms with Crippen molar-refractivity contribution in [3.63, 3.8) is 0 Å². The van der Waals surface area contributed by atoms with E-state index >= 15 is 0 Å². The number of Topliss-reactive ketones (excluding diaryl/α,β-unsaturated/α-hetero) is 1. The molecule has 0 saturated heterocycles. The third-order valence-corrected chi connectivity index (χ3v) is 3.46. The van der Waals surface area contributed by atoms with E-state index < -0.39 is 0 Å². The Balaban J connectivity index is 2.19. The summed E-state index contributed by atoms with van der Waals surface area (Å²) in [5.41, 5.74) is 1.66. The zero-order chi connectivity index (χ0) is 12.3. The lowest BCUT2D eigenvalue weighted by atomic mass is 10.1. The summed E-state index contributed by atoms with van der Waals surface area (Å²) in [6.45, 7) is 0. The van der Waals surface area contributed by atoms with Gasteiger partial charge in [-0.2, -0.15) is 11.3 Å². The zero-order valence-electron chi connectivity index (χ0n) is 9.27. The monoisotopic (exact) mass is 266 g/mol. The molecule has 2 rings (SSSR count). The molecule has 0 aliphatic carbocycles. The largest absolute Gasteiger partial charge is 0.495 e. The van der Waals surface area contributed by atoms with E-state index in [2.05, 4.69) is 0 Å². The van der Waals surface area contributed by atoms with Gasteiger partial charge in [-0.1, -0.05) is 11.6 Å². The highest BCUT2D eigenvalue weighted by molar-refractivity contribution is 7.08. The van der Waals surface area contributed by atoms with Crippen molar-refractivity contribution in [3.05, 3.63) is 51.2 Å². The Morgan fingerprint density at radius 1 is 1.41 bits per heavy atom. The fourth-order valence-corrected chi connectivity index (χ4v) is 2.38. The van der Waals surface area contributed by atoms with Gasteiger partial charge in [0.1, 0.15) is 5.75 Å². The second-order valence-corrected chi connectivity index (χ2v) is 4.77. The molecule has 1 heterocycles. The number of carbonyl (C=O) groups is 1. The molecule has 0 amide bonds. The van der Waals surface area contributed by atoms with Crippen molar-refractivity contribution in [2.45, 2.75) is 6.42 Å². The van der Waals surface area contributed by atoms with Crippen molar-refractivity contribution in [2.75, 3.05) is 7.11 Å².